The van der Waals surface area contributed by atoms with Crippen LogP contribution in [-0.2, 0) is 28.4 Å². The molecule has 1 aromatic carbocycles. The number of carbonyl (C=O) groups excluding carboxylic acids is 1. The fourth-order valence-electron chi connectivity index (χ4n) is 2.29. The summed E-state index contributed by atoms with van der Waals surface area (Å²) in [6.07, 6.45) is 1.91. The summed E-state index contributed by atoms with van der Waals surface area (Å²) in [6.45, 7) is 3.85. The van der Waals surface area contributed by atoms with Crippen molar-refractivity contribution in [1.82, 2.24) is 20.1 Å². The summed E-state index contributed by atoms with van der Waals surface area (Å²) in [6, 6.07) is 5.27. The van der Waals surface area contributed by atoms with E-state index in [2.05, 4.69) is 15.5 Å². The zero-order valence-electron chi connectivity index (χ0n) is 16.2. The van der Waals surface area contributed by atoms with Crippen LogP contribution in [0.5, 0.6) is 0 Å². The smallest absolute Gasteiger partial charge is 0.232 e. The number of halogens is 1. The highest BCUT2D eigenvalue weighted by atomic mass is 32.2. The molecule has 1 heterocycles. The molecule has 154 valence electrons. The van der Waals surface area contributed by atoms with Crippen molar-refractivity contribution in [3.8, 4) is 0 Å². The molecule has 0 radical (unpaired) electrons. The molecule has 0 aliphatic carbocycles. The van der Waals surface area contributed by atoms with Gasteiger partial charge >= 0.3 is 0 Å². The predicted octanol–water partition coefficient (Wildman–Crippen LogP) is 1.93. The molecule has 11 heteroatoms. The van der Waals surface area contributed by atoms with Crippen LogP contribution < -0.4 is 9.62 Å². The van der Waals surface area contributed by atoms with Gasteiger partial charge in [0.15, 0.2) is 11.0 Å². The molecular weight excluding hydrogens is 405 g/mol. The van der Waals surface area contributed by atoms with Crippen LogP contribution in [-0.4, -0.2) is 47.1 Å². The normalized spacial score (nSPS) is 12.6. The van der Waals surface area contributed by atoms with Crippen LogP contribution in [0.25, 0.3) is 0 Å². The lowest BCUT2D eigenvalue weighted by Gasteiger charge is -2.21. The van der Waals surface area contributed by atoms with E-state index >= 15 is 0 Å². The van der Waals surface area contributed by atoms with Crippen molar-refractivity contribution >= 4 is 33.4 Å². The van der Waals surface area contributed by atoms with Gasteiger partial charge in [-0.3, -0.25) is 9.10 Å². The molecule has 28 heavy (non-hydrogen) atoms. The number of aromatic nitrogens is 3. The highest BCUT2D eigenvalue weighted by Gasteiger charge is 2.22. The lowest BCUT2D eigenvalue weighted by atomic mass is 10.3. The molecule has 8 nitrogen and oxygen atoms in total. The molecular formula is C17H24FN5O3S2. The Morgan fingerprint density at radius 3 is 2.54 bits per heavy atom. The van der Waals surface area contributed by atoms with Gasteiger partial charge in [-0.25, -0.2) is 12.8 Å². The summed E-state index contributed by atoms with van der Waals surface area (Å²) < 4.78 is 40.3. The minimum absolute atomic E-state index is 0.0619. The van der Waals surface area contributed by atoms with Gasteiger partial charge < -0.3 is 9.88 Å². The maximum Gasteiger partial charge on any atom is 0.232 e. The highest BCUT2D eigenvalue weighted by molar-refractivity contribution is 7.99. The summed E-state index contributed by atoms with van der Waals surface area (Å²) in [5.74, 6) is 0.0297. The summed E-state index contributed by atoms with van der Waals surface area (Å²) in [5, 5.41) is 11.5. The minimum atomic E-state index is -3.62. The number of carbonyl (C=O) groups is 1. The van der Waals surface area contributed by atoms with Gasteiger partial charge in [0, 0.05) is 13.1 Å². The van der Waals surface area contributed by atoms with Gasteiger partial charge in [-0.1, -0.05) is 18.7 Å². The third kappa shape index (κ3) is 5.93. The molecule has 2 aromatic rings. The highest BCUT2D eigenvalue weighted by Crippen LogP contribution is 2.22. The van der Waals surface area contributed by atoms with E-state index in [0.717, 1.165) is 17.0 Å². The van der Waals surface area contributed by atoms with Crippen molar-refractivity contribution < 1.29 is 17.6 Å². The molecule has 0 saturated heterocycles. The van der Waals surface area contributed by atoms with E-state index in [1.807, 2.05) is 13.8 Å². The Morgan fingerprint density at radius 2 is 1.96 bits per heavy atom. The van der Waals surface area contributed by atoms with Crippen molar-refractivity contribution in [2.24, 2.45) is 7.05 Å². The number of rotatable bonds is 9. The monoisotopic (exact) mass is 429 g/mol. The number of hydrogen-bond acceptors (Lipinski definition) is 6. The first-order valence-electron chi connectivity index (χ1n) is 8.65. The first-order chi connectivity index (χ1) is 13.1. The first-order valence-corrected chi connectivity index (χ1v) is 11.5. The lowest BCUT2D eigenvalue weighted by molar-refractivity contribution is -0.119. The molecule has 1 amide bonds. The molecule has 0 aliphatic heterocycles. The van der Waals surface area contributed by atoms with Crippen molar-refractivity contribution in [2.75, 3.05) is 16.3 Å². The number of nitrogens with zero attached hydrogens (tertiary/aromatic N) is 4. The number of anilines is 1. The number of sulfonamides is 1. The first kappa shape index (κ1) is 22.2. The van der Waals surface area contributed by atoms with Crippen LogP contribution in [0.15, 0.2) is 29.4 Å². The number of thioether (sulfide) groups is 1. The Labute approximate surface area is 168 Å². The van der Waals surface area contributed by atoms with Gasteiger partial charge in [0.05, 0.1) is 24.2 Å². The third-order valence-electron chi connectivity index (χ3n) is 4.08. The number of amides is 1. The Hall–Kier alpha value is -2.14. The average molecular weight is 430 g/mol. The fourth-order valence-corrected chi connectivity index (χ4v) is 3.89. The molecule has 0 aliphatic rings. The molecule has 1 aromatic heterocycles. The van der Waals surface area contributed by atoms with Crippen molar-refractivity contribution in [3.05, 3.63) is 35.9 Å². The van der Waals surface area contributed by atoms with E-state index in [-0.39, 0.29) is 24.2 Å². The topological polar surface area (TPSA) is 97.2 Å². The molecule has 1 unspecified atom stereocenters. The van der Waals surface area contributed by atoms with Gasteiger partial charge in [0.1, 0.15) is 5.82 Å². The van der Waals surface area contributed by atoms with Crippen molar-refractivity contribution in [3.63, 3.8) is 0 Å². The van der Waals surface area contributed by atoms with E-state index in [9.17, 15) is 17.6 Å². The molecule has 1 atom stereocenters. The van der Waals surface area contributed by atoms with E-state index in [4.69, 9.17) is 0 Å². The predicted molar refractivity (Wildman–Crippen MR) is 107 cm³/mol. The van der Waals surface area contributed by atoms with E-state index < -0.39 is 15.8 Å². The molecule has 0 bridgehead atoms. The second-order valence-electron chi connectivity index (χ2n) is 6.37. The maximum absolute atomic E-state index is 13.2. The SMILES string of the molecule is CCC(C)NC(=O)CSc1nnc(CN(c2ccc(F)cc2)S(C)(=O)=O)n1C. The van der Waals surface area contributed by atoms with Gasteiger partial charge in [0.25, 0.3) is 0 Å². The van der Waals surface area contributed by atoms with Gasteiger partial charge in [-0.15, -0.1) is 10.2 Å². The minimum Gasteiger partial charge on any atom is -0.353 e. The van der Waals surface area contributed by atoms with Crippen LogP contribution in [0.2, 0.25) is 0 Å². The standard InChI is InChI=1S/C17H24FN5O3S2/c1-5-12(2)19-16(24)11-27-17-21-20-15(22(17)3)10-23(28(4,25)26)14-8-6-13(18)7-9-14/h6-9,12H,5,10-11H2,1-4H3,(H,19,24). The molecule has 1 N–H and O–H groups in total. The molecule has 0 spiro atoms. The summed E-state index contributed by atoms with van der Waals surface area (Å²) in [4.78, 5) is 11.9. The molecule has 0 saturated carbocycles. The average Bonchev–Trinajstić information content (AvgIpc) is 2.97. The molecule has 2 rings (SSSR count). The second-order valence-corrected chi connectivity index (χ2v) is 9.22. The van der Waals surface area contributed by atoms with Crippen LogP contribution >= 0.6 is 11.8 Å². The largest absolute Gasteiger partial charge is 0.353 e. The zero-order chi connectivity index (χ0) is 20.9. The number of benzene rings is 1. The van der Waals surface area contributed by atoms with Crippen LogP contribution in [0, 0.1) is 5.82 Å². The number of nitrogens with one attached hydrogen (secondary N) is 1. The van der Waals surface area contributed by atoms with Gasteiger partial charge in [-0.05, 0) is 37.6 Å². The fraction of sp³-hybridized carbons (Fsp3) is 0.471. The van der Waals surface area contributed by atoms with Crippen LogP contribution in [0.4, 0.5) is 10.1 Å². The number of hydrogen-bond donors (Lipinski definition) is 1. The van der Waals surface area contributed by atoms with Gasteiger partial charge in [0.2, 0.25) is 15.9 Å². The lowest BCUT2D eigenvalue weighted by Crippen LogP contribution is -2.33. The van der Waals surface area contributed by atoms with E-state index in [0.29, 0.717) is 16.7 Å². The third-order valence-corrected chi connectivity index (χ3v) is 6.24. The van der Waals surface area contributed by atoms with Crippen LogP contribution in [0.3, 0.4) is 0 Å². The summed E-state index contributed by atoms with van der Waals surface area (Å²) >= 11 is 1.22. The quantitative estimate of drug-likeness (QED) is 0.612. The van der Waals surface area contributed by atoms with E-state index in [1.54, 1.807) is 11.6 Å². The van der Waals surface area contributed by atoms with Crippen molar-refractivity contribution in [1.29, 1.82) is 0 Å². The Balaban J connectivity index is 2.13. The Morgan fingerprint density at radius 1 is 1.32 bits per heavy atom. The van der Waals surface area contributed by atoms with E-state index in [1.165, 1.54) is 36.0 Å². The summed E-state index contributed by atoms with van der Waals surface area (Å²) in [7, 11) is -1.92. The second kappa shape index (κ2) is 9.37. The maximum atomic E-state index is 13.2. The van der Waals surface area contributed by atoms with Crippen LogP contribution in [0.1, 0.15) is 26.1 Å². The van der Waals surface area contributed by atoms with Crippen molar-refractivity contribution in [2.45, 2.75) is 38.0 Å². The molecule has 0 fully saturated rings. The zero-order valence-corrected chi connectivity index (χ0v) is 17.8. The summed E-state index contributed by atoms with van der Waals surface area (Å²) in [5.41, 5.74) is 0.328. The Bertz CT molecular complexity index is 915. The Kier molecular flexibility index (Phi) is 7.41. The van der Waals surface area contributed by atoms with Gasteiger partial charge in [-0.2, -0.15) is 0 Å².